The van der Waals surface area contributed by atoms with Crippen molar-refractivity contribution in [1.82, 2.24) is 79.7 Å². The smallest absolute Gasteiger partial charge is 0.457 e. The minimum Gasteiger partial charge on any atom is -0.457 e. The minimum absolute atomic E-state index is 0. The number of nitrogens with one attached hydrogen (secondary N) is 4. The molecule has 234 valence electrons. The van der Waals surface area contributed by atoms with Crippen LogP contribution in [0.5, 0.6) is 0 Å². The first-order valence-corrected chi connectivity index (χ1v) is 11.1. The molecule has 0 unspecified atom stereocenters. The molecule has 0 aliphatic rings. The van der Waals surface area contributed by atoms with Gasteiger partial charge in [-0.05, 0) is 0 Å². The van der Waals surface area contributed by atoms with Crippen LogP contribution in [-0.2, 0) is 45.1 Å². The van der Waals surface area contributed by atoms with E-state index in [0.717, 1.165) is 0 Å². The molecule has 0 saturated heterocycles. The number of rotatable bonds is 0. The van der Waals surface area contributed by atoms with E-state index in [-0.39, 0.29) is 45.1 Å². The summed E-state index contributed by atoms with van der Waals surface area (Å²) in [5, 5.41) is 0. The molecule has 0 aliphatic carbocycles. The number of aromatic amines is 4. The Hall–Kier alpha value is -5.64. The minimum atomic E-state index is 0. The molecule has 22 nitrogen and oxygen atoms in total. The van der Waals surface area contributed by atoms with E-state index in [0.29, 0.717) is 67.9 Å². The average Bonchev–Trinajstić information content (AvgIpc) is 3.77. The van der Waals surface area contributed by atoms with Gasteiger partial charge in [-0.15, -0.1) is 0 Å². The summed E-state index contributed by atoms with van der Waals surface area (Å²) in [6.45, 7) is 0. The molecule has 8 rings (SSSR count). The van der Waals surface area contributed by atoms with E-state index in [2.05, 4.69) is 79.7 Å². The summed E-state index contributed by atoms with van der Waals surface area (Å²) in [6.07, 6.45) is 11.7. The topological polar surface area (TPSA) is 388 Å². The van der Waals surface area contributed by atoms with Crippen molar-refractivity contribution in [1.29, 1.82) is 0 Å². The van der Waals surface area contributed by atoms with Crippen molar-refractivity contribution in [2.75, 3.05) is 22.9 Å². The number of imidazole rings is 4. The van der Waals surface area contributed by atoms with Crippen LogP contribution in [0.4, 0.5) is 23.3 Å². The maximum absolute atomic E-state index is 5.48. The van der Waals surface area contributed by atoms with Gasteiger partial charge in [0.25, 0.3) is 0 Å². The number of hydrogen-bond acceptors (Lipinski definition) is 16. The van der Waals surface area contributed by atoms with Gasteiger partial charge in [-0.25, -0.2) is 59.8 Å². The Kier molecular flexibility index (Phi) is 13.8. The van der Waals surface area contributed by atoms with Crippen LogP contribution in [0.2, 0.25) is 0 Å². The van der Waals surface area contributed by atoms with Gasteiger partial charge in [0.15, 0.2) is 45.9 Å². The Morgan fingerprint density at radius 3 is 0.727 bits per heavy atom. The van der Waals surface area contributed by atoms with Crippen molar-refractivity contribution >= 4 is 67.9 Å². The predicted molar refractivity (Wildman–Crippen MR) is 154 cm³/mol. The molecule has 24 heteroatoms. The van der Waals surface area contributed by atoms with Gasteiger partial charge in [0.2, 0.25) is 0 Å². The van der Waals surface area contributed by atoms with Crippen LogP contribution in [0.3, 0.4) is 0 Å². The zero-order chi connectivity index (χ0) is 27.9. The number of aromatic nitrogens is 16. The van der Waals surface area contributed by atoms with E-state index in [1.54, 1.807) is 0 Å². The summed E-state index contributed by atoms with van der Waals surface area (Å²) in [7, 11) is 0. The van der Waals surface area contributed by atoms with Gasteiger partial charge in [-0.2, -0.15) is 0 Å². The molecule has 2 radical (unpaired) electrons. The van der Waals surface area contributed by atoms with E-state index in [1.807, 2.05) is 0 Å². The van der Waals surface area contributed by atoms with Gasteiger partial charge in [0.1, 0.15) is 47.4 Å². The number of nitrogen functional groups attached to an aromatic ring is 4. The van der Waals surface area contributed by atoms with Gasteiger partial charge in [0.05, 0.1) is 25.3 Å². The van der Waals surface area contributed by atoms with Crippen LogP contribution in [0, 0.1) is 0 Å². The zero-order valence-corrected chi connectivity index (χ0v) is 23.9. The Balaban J connectivity index is 0.000000285. The van der Waals surface area contributed by atoms with Crippen LogP contribution in [0.25, 0.3) is 44.7 Å². The van der Waals surface area contributed by atoms with E-state index in [4.69, 9.17) is 22.9 Å². The maximum atomic E-state index is 5.48. The molecule has 18 N–H and O–H groups in total. The molecule has 8 aromatic heterocycles. The molecule has 0 fully saturated rings. The summed E-state index contributed by atoms with van der Waals surface area (Å²) >= 11 is 0. The molecule has 8 heterocycles. The van der Waals surface area contributed by atoms with Crippen LogP contribution in [0.15, 0.2) is 50.6 Å². The van der Waals surface area contributed by atoms with Gasteiger partial charge < -0.3 is 53.8 Å². The van der Waals surface area contributed by atoms with E-state index in [1.165, 1.54) is 50.6 Å². The van der Waals surface area contributed by atoms with Crippen molar-refractivity contribution in [3.05, 3.63) is 50.6 Å². The molecule has 44 heavy (non-hydrogen) atoms. The summed E-state index contributed by atoms with van der Waals surface area (Å²) < 4.78 is 0. The third kappa shape index (κ3) is 8.22. The van der Waals surface area contributed by atoms with E-state index >= 15 is 0 Å². The molecule has 0 aliphatic heterocycles. The summed E-state index contributed by atoms with van der Waals surface area (Å²) in [5.41, 5.74) is 27.1. The first-order valence-electron chi connectivity index (χ1n) is 11.1. The van der Waals surface area contributed by atoms with Gasteiger partial charge in [0, 0.05) is 0 Å². The van der Waals surface area contributed by atoms with Crippen molar-refractivity contribution in [3.63, 3.8) is 0 Å². The van der Waals surface area contributed by atoms with Gasteiger partial charge >= 0.3 is 34.1 Å². The number of fused-ring (bicyclic) bond motifs is 4. The number of hydrogen-bond donors (Lipinski definition) is 8. The fourth-order valence-corrected chi connectivity index (χ4v) is 3.13. The van der Waals surface area contributed by atoms with Crippen LogP contribution in [0.1, 0.15) is 0 Å². The first-order chi connectivity index (χ1) is 19.5. The van der Waals surface area contributed by atoms with E-state index < -0.39 is 0 Å². The van der Waals surface area contributed by atoms with Crippen LogP contribution in [-0.4, -0.2) is 79.7 Å². The van der Waals surface area contributed by atoms with Crippen molar-refractivity contribution in [3.8, 4) is 0 Å². The molecule has 0 saturated carbocycles. The van der Waals surface area contributed by atoms with Crippen molar-refractivity contribution in [2.45, 2.75) is 0 Å². The number of nitrogens with two attached hydrogens (primary N) is 4. The van der Waals surface area contributed by atoms with Crippen LogP contribution >= 0.6 is 0 Å². The molecule has 8 aromatic rings. The maximum Gasteiger partial charge on any atom is 2.00 e. The van der Waals surface area contributed by atoms with Gasteiger partial charge in [-0.1, -0.05) is 0 Å². The molecule has 0 atom stereocenters. The number of anilines is 4. The molecule has 0 aromatic carbocycles. The Morgan fingerprint density at radius 2 is 0.545 bits per heavy atom. The fourth-order valence-electron chi connectivity index (χ4n) is 3.13. The summed E-state index contributed by atoms with van der Waals surface area (Å²) in [5.74, 6) is 1.73. The monoisotopic (exact) mass is 704 g/mol. The molecular formula is C20H26Cu2N20O2+6. The van der Waals surface area contributed by atoms with Crippen molar-refractivity contribution in [2.24, 2.45) is 0 Å². The second kappa shape index (κ2) is 16.7. The van der Waals surface area contributed by atoms with Crippen LogP contribution < -0.4 is 22.9 Å². The van der Waals surface area contributed by atoms with Crippen molar-refractivity contribution < 1.29 is 45.1 Å². The number of H-pyrrole nitrogens is 4. The quantitative estimate of drug-likeness (QED) is 0.0618. The van der Waals surface area contributed by atoms with E-state index in [9.17, 15) is 0 Å². The fraction of sp³-hybridized carbons (Fsp3) is 0. The summed E-state index contributed by atoms with van der Waals surface area (Å²) in [4.78, 5) is 57.5. The summed E-state index contributed by atoms with van der Waals surface area (Å²) in [6, 6.07) is 0. The Morgan fingerprint density at radius 1 is 0.341 bits per heavy atom. The Bertz CT molecular complexity index is 1720. The largest absolute Gasteiger partial charge is 2.00 e. The normalized spacial score (nSPS) is 9.45. The first kappa shape index (κ1) is 36.4. The molecule has 0 bridgehead atoms. The zero-order valence-electron chi connectivity index (χ0n) is 22.1. The Labute approximate surface area is 265 Å². The SMILES string of the molecule is Nc1ncnc2nc[nH]c12.Nc1ncnc2nc[nH]c12.Nc1ncnc2nc[nH]c12.Nc1ncnc2nc[nH]c12.[Cu+2].[Cu+2].[OH3+].[OH3+]. The number of nitrogens with zero attached hydrogens (tertiary/aromatic N) is 12. The molecule has 0 spiro atoms. The van der Waals surface area contributed by atoms with Gasteiger partial charge in [-0.3, -0.25) is 0 Å². The second-order valence-corrected chi connectivity index (χ2v) is 7.44. The predicted octanol–water partition coefficient (Wildman–Crippen LogP) is -2.11. The molecule has 0 amide bonds. The third-order valence-electron chi connectivity index (χ3n) is 5.01. The second-order valence-electron chi connectivity index (χ2n) is 7.44. The average molecular weight is 706 g/mol. The third-order valence-corrected chi connectivity index (χ3v) is 5.01. The standard InChI is InChI=1S/4C5H5N5.2Cu.2H2O/c4*6-4-3-5(9-1-7-3)10-2-8-4;;;;/h4*1-2H,(H3,6,7,8,9,10);;;2*1H2/q;;;;2*+2;;/p+2. The molecular weight excluding hydrogens is 679 g/mol.